The fourth-order valence-electron chi connectivity index (χ4n) is 2.02. The molecule has 0 aliphatic rings. The summed E-state index contributed by atoms with van der Waals surface area (Å²) in [6, 6.07) is 10.5. The molecule has 0 aliphatic heterocycles. The van der Waals surface area contributed by atoms with Crippen molar-refractivity contribution >= 4 is 17.9 Å². The fraction of sp³-hybridized carbons (Fsp3) is 0.222. The Labute approximate surface area is 140 Å². The van der Waals surface area contributed by atoms with E-state index in [1.54, 1.807) is 30.3 Å². The van der Waals surface area contributed by atoms with Crippen LogP contribution in [0, 0.1) is 6.92 Å². The number of carbonyl (C=O) groups is 2. The van der Waals surface area contributed by atoms with Crippen LogP contribution in [0.25, 0.3) is 6.08 Å². The van der Waals surface area contributed by atoms with Crippen molar-refractivity contribution in [1.29, 1.82) is 0 Å². The molecule has 1 heterocycles. The summed E-state index contributed by atoms with van der Waals surface area (Å²) in [5, 5.41) is 2.83. The van der Waals surface area contributed by atoms with E-state index in [9.17, 15) is 9.59 Å². The molecular formula is C18H20N2O4. The highest BCUT2D eigenvalue weighted by molar-refractivity contribution is 5.91. The smallest absolute Gasteiger partial charge is 0.255 e. The van der Waals surface area contributed by atoms with E-state index < -0.39 is 5.91 Å². The third kappa shape index (κ3) is 5.31. The van der Waals surface area contributed by atoms with Gasteiger partial charge in [0, 0.05) is 6.08 Å². The van der Waals surface area contributed by atoms with Gasteiger partial charge in [-0.05, 0) is 49.8 Å². The molecule has 0 bridgehead atoms. The molecular weight excluding hydrogens is 308 g/mol. The van der Waals surface area contributed by atoms with Gasteiger partial charge in [0.25, 0.3) is 5.91 Å². The van der Waals surface area contributed by atoms with E-state index in [-0.39, 0.29) is 18.6 Å². The monoisotopic (exact) mass is 328 g/mol. The molecule has 0 radical (unpaired) electrons. The summed E-state index contributed by atoms with van der Waals surface area (Å²) in [7, 11) is 0. The fourth-order valence-corrected chi connectivity index (χ4v) is 2.02. The van der Waals surface area contributed by atoms with Crippen molar-refractivity contribution in [2.24, 2.45) is 5.73 Å². The zero-order valence-corrected chi connectivity index (χ0v) is 13.6. The number of amides is 2. The zero-order chi connectivity index (χ0) is 17.5. The van der Waals surface area contributed by atoms with Gasteiger partial charge in [0.1, 0.15) is 17.3 Å². The molecule has 0 spiro atoms. The number of carbonyl (C=O) groups excluding carboxylic acids is 2. The van der Waals surface area contributed by atoms with Crippen LogP contribution >= 0.6 is 0 Å². The van der Waals surface area contributed by atoms with Crippen molar-refractivity contribution in [2.75, 3.05) is 6.61 Å². The van der Waals surface area contributed by atoms with Crippen molar-refractivity contribution < 1.29 is 18.7 Å². The maximum atomic E-state index is 11.9. The molecule has 1 aromatic carbocycles. The van der Waals surface area contributed by atoms with E-state index in [0.717, 1.165) is 11.3 Å². The predicted molar refractivity (Wildman–Crippen MR) is 90.2 cm³/mol. The summed E-state index contributed by atoms with van der Waals surface area (Å²) in [5.74, 6) is 1.31. The van der Waals surface area contributed by atoms with Crippen molar-refractivity contribution in [3.8, 4) is 5.75 Å². The first-order chi connectivity index (χ1) is 11.4. The second-order valence-corrected chi connectivity index (χ2v) is 5.34. The second-order valence-electron chi connectivity index (χ2n) is 5.34. The summed E-state index contributed by atoms with van der Waals surface area (Å²) in [6.07, 6.45) is 3.14. The molecule has 1 atom stereocenters. The maximum Gasteiger partial charge on any atom is 0.255 e. The normalized spacial score (nSPS) is 12.1. The van der Waals surface area contributed by atoms with Gasteiger partial charge in [0.2, 0.25) is 5.91 Å². The van der Waals surface area contributed by atoms with Crippen molar-refractivity contribution in [3.63, 3.8) is 0 Å². The number of rotatable bonds is 7. The standard InChI is InChI=1S/C18H20N2O4/c1-12-3-9-16(24-12)13(2)20-18(22)10-6-14-4-7-15(8-5-14)23-11-17(19)21/h3-10,13H,11H2,1-2H3,(H2,19,21)(H,20,22)/b10-6+. The lowest BCUT2D eigenvalue weighted by Crippen LogP contribution is -2.24. The molecule has 3 N–H and O–H groups in total. The summed E-state index contributed by atoms with van der Waals surface area (Å²) < 4.78 is 10.6. The Kier molecular flexibility index (Phi) is 5.78. The van der Waals surface area contributed by atoms with Gasteiger partial charge in [-0.2, -0.15) is 0 Å². The van der Waals surface area contributed by atoms with E-state index >= 15 is 0 Å². The summed E-state index contributed by atoms with van der Waals surface area (Å²) in [5.41, 5.74) is 5.84. The Balaban J connectivity index is 1.87. The van der Waals surface area contributed by atoms with Crippen LogP contribution in [0.2, 0.25) is 0 Å². The number of primary amides is 1. The first kappa shape index (κ1) is 17.3. The van der Waals surface area contributed by atoms with Crippen LogP contribution in [0.15, 0.2) is 46.9 Å². The minimum Gasteiger partial charge on any atom is -0.484 e. The van der Waals surface area contributed by atoms with E-state index in [0.29, 0.717) is 11.5 Å². The number of furan rings is 1. The van der Waals surface area contributed by atoms with E-state index in [1.807, 2.05) is 26.0 Å². The van der Waals surface area contributed by atoms with Gasteiger partial charge in [0.05, 0.1) is 6.04 Å². The van der Waals surface area contributed by atoms with Crippen LogP contribution in [0.3, 0.4) is 0 Å². The zero-order valence-electron chi connectivity index (χ0n) is 13.6. The van der Waals surface area contributed by atoms with E-state index in [4.69, 9.17) is 14.9 Å². The highest BCUT2D eigenvalue weighted by Crippen LogP contribution is 2.16. The molecule has 1 aromatic heterocycles. The van der Waals surface area contributed by atoms with Gasteiger partial charge in [0.15, 0.2) is 6.61 Å². The first-order valence-electron chi connectivity index (χ1n) is 7.50. The van der Waals surface area contributed by atoms with Crippen LogP contribution in [0.4, 0.5) is 0 Å². The lowest BCUT2D eigenvalue weighted by atomic mass is 10.2. The lowest BCUT2D eigenvalue weighted by molar-refractivity contribution is -0.120. The van der Waals surface area contributed by atoms with Crippen LogP contribution < -0.4 is 15.8 Å². The Morgan fingerprint density at radius 3 is 2.54 bits per heavy atom. The van der Waals surface area contributed by atoms with Crippen LogP contribution in [0.5, 0.6) is 5.75 Å². The minimum absolute atomic E-state index is 0.165. The van der Waals surface area contributed by atoms with Gasteiger partial charge < -0.3 is 20.2 Å². The SMILES string of the molecule is Cc1ccc(C(C)NC(=O)/C=C/c2ccc(OCC(N)=O)cc2)o1. The third-order valence-corrected chi connectivity index (χ3v) is 3.24. The number of hydrogen-bond donors (Lipinski definition) is 2. The molecule has 0 fully saturated rings. The Morgan fingerprint density at radius 1 is 1.25 bits per heavy atom. The molecule has 1 unspecified atom stereocenters. The molecule has 0 saturated heterocycles. The topological polar surface area (TPSA) is 94.6 Å². The molecule has 2 amide bonds. The molecule has 2 aromatic rings. The van der Waals surface area contributed by atoms with Crippen molar-refractivity contribution in [1.82, 2.24) is 5.32 Å². The average Bonchev–Trinajstić information content (AvgIpc) is 2.98. The molecule has 0 aliphatic carbocycles. The minimum atomic E-state index is -0.531. The predicted octanol–water partition coefficient (Wildman–Crippen LogP) is 2.34. The Morgan fingerprint density at radius 2 is 1.96 bits per heavy atom. The molecule has 0 saturated carbocycles. The highest BCUT2D eigenvalue weighted by atomic mass is 16.5. The molecule has 6 heteroatoms. The maximum absolute atomic E-state index is 11.9. The Bertz CT molecular complexity index is 732. The van der Waals surface area contributed by atoms with Gasteiger partial charge in [-0.25, -0.2) is 0 Å². The number of aryl methyl sites for hydroxylation is 1. The van der Waals surface area contributed by atoms with Crippen molar-refractivity contribution in [3.05, 3.63) is 59.6 Å². The van der Waals surface area contributed by atoms with E-state index in [1.165, 1.54) is 6.08 Å². The second kappa shape index (κ2) is 8.01. The number of nitrogens with one attached hydrogen (secondary N) is 1. The Hall–Kier alpha value is -3.02. The molecule has 6 nitrogen and oxygen atoms in total. The van der Waals surface area contributed by atoms with E-state index in [2.05, 4.69) is 5.32 Å². The van der Waals surface area contributed by atoms with Crippen LogP contribution in [-0.4, -0.2) is 18.4 Å². The first-order valence-corrected chi connectivity index (χ1v) is 7.50. The van der Waals surface area contributed by atoms with Gasteiger partial charge in [-0.3, -0.25) is 9.59 Å². The molecule has 126 valence electrons. The lowest BCUT2D eigenvalue weighted by Gasteiger charge is -2.09. The summed E-state index contributed by atoms with van der Waals surface area (Å²) in [4.78, 5) is 22.6. The number of hydrogen-bond acceptors (Lipinski definition) is 4. The number of ether oxygens (including phenoxy) is 1. The average molecular weight is 328 g/mol. The van der Waals surface area contributed by atoms with Crippen molar-refractivity contribution in [2.45, 2.75) is 19.9 Å². The van der Waals surface area contributed by atoms with Crippen LogP contribution in [-0.2, 0) is 9.59 Å². The van der Waals surface area contributed by atoms with Gasteiger partial charge in [-0.15, -0.1) is 0 Å². The highest BCUT2D eigenvalue weighted by Gasteiger charge is 2.10. The summed E-state index contributed by atoms with van der Waals surface area (Å²) >= 11 is 0. The molecule has 24 heavy (non-hydrogen) atoms. The van der Waals surface area contributed by atoms with Crippen LogP contribution in [0.1, 0.15) is 30.0 Å². The molecule has 2 rings (SSSR count). The largest absolute Gasteiger partial charge is 0.484 e. The number of benzene rings is 1. The quantitative estimate of drug-likeness (QED) is 0.763. The van der Waals surface area contributed by atoms with Gasteiger partial charge in [-0.1, -0.05) is 12.1 Å². The van der Waals surface area contributed by atoms with Gasteiger partial charge >= 0.3 is 0 Å². The third-order valence-electron chi connectivity index (χ3n) is 3.24. The number of nitrogens with two attached hydrogens (primary N) is 1. The summed E-state index contributed by atoms with van der Waals surface area (Å²) in [6.45, 7) is 3.55.